The lowest BCUT2D eigenvalue weighted by Gasteiger charge is -2.18. The summed E-state index contributed by atoms with van der Waals surface area (Å²) in [5, 5.41) is 3.75. The van der Waals surface area contributed by atoms with Crippen molar-refractivity contribution in [3.63, 3.8) is 0 Å². The van der Waals surface area contributed by atoms with Crippen LogP contribution in [0.1, 0.15) is 12.5 Å². The molecular formula is C18H20Cl2N2O4S. The van der Waals surface area contributed by atoms with E-state index in [1.165, 1.54) is 7.05 Å². The van der Waals surface area contributed by atoms with Gasteiger partial charge in [0, 0.05) is 23.6 Å². The number of carbonyl (C=O) groups excluding carboxylic acids is 1. The third-order valence-corrected chi connectivity index (χ3v) is 5.64. The first-order valence-electron chi connectivity index (χ1n) is 8.00. The van der Waals surface area contributed by atoms with Gasteiger partial charge < -0.3 is 10.1 Å². The summed E-state index contributed by atoms with van der Waals surface area (Å²) in [5.41, 5.74) is 1.24. The molecule has 0 heterocycles. The number of sulfonamides is 1. The molecule has 0 bridgehead atoms. The van der Waals surface area contributed by atoms with Crippen LogP contribution in [0, 0.1) is 0 Å². The summed E-state index contributed by atoms with van der Waals surface area (Å²) in [4.78, 5) is 12.2. The maximum atomic E-state index is 12.2. The van der Waals surface area contributed by atoms with Gasteiger partial charge in [-0.05, 0) is 48.9 Å². The highest BCUT2D eigenvalue weighted by molar-refractivity contribution is 7.92. The molecule has 0 aliphatic rings. The SMILES string of the molecule is C[C@H](Oc1ccc(N(C)S(C)(=O)=O)cc1)C(=O)NCc1ccc(Cl)cc1Cl. The van der Waals surface area contributed by atoms with Gasteiger partial charge in [-0.15, -0.1) is 0 Å². The molecule has 0 aliphatic carbocycles. The molecule has 2 aromatic rings. The van der Waals surface area contributed by atoms with E-state index in [2.05, 4.69) is 5.32 Å². The Kier molecular flexibility index (Phi) is 6.97. The van der Waals surface area contributed by atoms with Crippen LogP contribution in [0.4, 0.5) is 5.69 Å². The van der Waals surface area contributed by atoms with Gasteiger partial charge in [0.1, 0.15) is 5.75 Å². The molecule has 27 heavy (non-hydrogen) atoms. The molecule has 0 saturated heterocycles. The van der Waals surface area contributed by atoms with E-state index in [0.717, 1.165) is 16.1 Å². The molecule has 146 valence electrons. The van der Waals surface area contributed by atoms with E-state index in [4.69, 9.17) is 27.9 Å². The summed E-state index contributed by atoms with van der Waals surface area (Å²) in [6.45, 7) is 1.87. The van der Waals surface area contributed by atoms with Crippen molar-refractivity contribution in [1.82, 2.24) is 5.32 Å². The zero-order valence-electron chi connectivity index (χ0n) is 15.1. The molecule has 1 atom stereocenters. The number of amides is 1. The normalized spacial score (nSPS) is 12.3. The van der Waals surface area contributed by atoms with Gasteiger partial charge in [-0.3, -0.25) is 9.10 Å². The lowest BCUT2D eigenvalue weighted by molar-refractivity contribution is -0.127. The van der Waals surface area contributed by atoms with Crippen LogP contribution in [0.5, 0.6) is 5.75 Å². The van der Waals surface area contributed by atoms with Gasteiger partial charge in [0.15, 0.2) is 6.10 Å². The summed E-state index contributed by atoms with van der Waals surface area (Å²) >= 11 is 11.9. The van der Waals surface area contributed by atoms with Gasteiger partial charge in [0.2, 0.25) is 10.0 Å². The van der Waals surface area contributed by atoms with Crippen LogP contribution >= 0.6 is 23.2 Å². The lowest BCUT2D eigenvalue weighted by Crippen LogP contribution is -2.36. The molecule has 1 N–H and O–H groups in total. The second-order valence-electron chi connectivity index (χ2n) is 5.94. The topological polar surface area (TPSA) is 75.7 Å². The van der Waals surface area contributed by atoms with Crippen LogP contribution in [0.25, 0.3) is 0 Å². The van der Waals surface area contributed by atoms with Crippen LogP contribution < -0.4 is 14.4 Å². The number of halogens is 2. The molecule has 9 heteroatoms. The third-order valence-electron chi connectivity index (χ3n) is 3.85. The minimum absolute atomic E-state index is 0.251. The maximum absolute atomic E-state index is 12.2. The smallest absolute Gasteiger partial charge is 0.261 e. The predicted molar refractivity (Wildman–Crippen MR) is 108 cm³/mol. The van der Waals surface area contributed by atoms with E-state index in [9.17, 15) is 13.2 Å². The van der Waals surface area contributed by atoms with Crippen LogP contribution in [-0.4, -0.2) is 33.7 Å². The van der Waals surface area contributed by atoms with E-state index in [-0.39, 0.29) is 12.5 Å². The van der Waals surface area contributed by atoms with Crippen molar-refractivity contribution in [3.05, 3.63) is 58.1 Å². The summed E-state index contributed by atoms with van der Waals surface area (Å²) in [5.74, 6) is 0.145. The molecular weight excluding hydrogens is 411 g/mol. The van der Waals surface area contributed by atoms with Crippen LogP contribution in [0.3, 0.4) is 0 Å². The molecule has 6 nitrogen and oxygen atoms in total. The largest absolute Gasteiger partial charge is 0.481 e. The number of carbonyl (C=O) groups is 1. The molecule has 0 radical (unpaired) electrons. The van der Waals surface area contributed by atoms with Crippen LogP contribution in [0.2, 0.25) is 10.0 Å². The second kappa shape index (κ2) is 8.82. The Morgan fingerprint density at radius 3 is 2.37 bits per heavy atom. The van der Waals surface area contributed by atoms with Gasteiger partial charge in [0.25, 0.3) is 5.91 Å². The quantitative estimate of drug-likeness (QED) is 0.729. The van der Waals surface area contributed by atoms with E-state index in [1.807, 2.05) is 0 Å². The fourth-order valence-corrected chi connectivity index (χ4v) is 3.15. The minimum atomic E-state index is -3.34. The molecule has 2 rings (SSSR count). The highest BCUT2D eigenvalue weighted by Gasteiger charge is 2.16. The van der Waals surface area contributed by atoms with Gasteiger partial charge >= 0.3 is 0 Å². The molecule has 0 saturated carbocycles. The van der Waals surface area contributed by atoms with Gasteiger partial charge in [-0.25, -0.2) is 8.42 Å². The van der Waals surface area contributed by atoms with Crippen molar-refractivity contribution in [2.75, 3.05) is 17.6 Å². The molecule has 0 aromatic heterocycles. The highest BCUT2D eigenvalue weighted by atomic mass is 35.5. The fourth-order valence-electron chi connectivity index (χ4n) is 2.17. The first kappa shape index (κ1) is 21.3. The first-order valence-corrected chi connectivity index (χ1v) is 10.6. The maximum Gasteiger partial charge on any atom is 0.261 e. The average molecular weight is 431 g/mol. The Labute approximate surface area is 169 Å². The summed E-state index contributed by atoms with van der Waals surface area (Å²) in [6.07, 6.45) is 0.381. The van der Waals surface area contributed by atoms with Crippen LogP contribution in [0.15, 0.2) is 42.5 Å². The monoisotopic (exact) mass is 430 g/mol. The Hall–Kier alpha value is -1.96. The molecule has 2 aromatic carbocycles. The third kappa shape index (κ3) is 6.02. The van der Waals surface area contributed by atoms with E-state index in [1.54, 1.807) is 49.4 Å². The Morgan fingerprint density at radius 1 is 1.19 bits per heavy atom. The summed E-state index contributed by atoms with van der Waals surface area (Å²) in [6, 6.07) is 11.5. The van der Waals surface area contributed by atoms with Crippen molar-refractivity contribution in [2.24, 2.45) is 0 Å². The highest BCUT2D eigenvalue weighted by Crippen LogP contribution is 2.22. The minimum Gasteiger partial charge on any atom is -0.481 e. The number of rotatable bonds is 7. The van der Waals surface area contributed by atoms with Crippen molar-refractivity contribution < 1.29 is 17.9 Å². The number of hydrogen-bond donors (Lipinski definition) is 1. The Balaban J connectivity index is 1.94. The number of nitrogens with zero attached hydrogens (tertiary/aromatic N) is 1. The van der Waals surface area contributed by atoms with Gasteiger partial charge in [-0.2, -0.15) is 0 Å². The number of benzene rings is 2. The Bertz CT molecular complexity index is 917. The average Bonchev–Trinajstić information content (AvgIpc) is 2.60. The number of nitrogens with one attached hydrogen (secondary N) is 1. The number of hydrogen-bond acceptors (Lipinski definition) is 4. The van der Waals surface area contributed by atoms with Crippen molar-refractivity contribution >= 4 is 44.8 Å². The standard InChI is InChI=1S/C18H20Cl2N2O4S/c1-12(18(23)21-11-13-4-5-14(19)10-17(13)20)26-16-8-6-15(7-9-16)22(2)27(3,24)25/h4-10,12H,11H2,1-3H3,(H,21,23)/t12-/m0/s1. The number of ether oxygens (including phenoxy) is 1. The zero-order chi connectivity index (χ0) is 20.2. The predicted octanol–water partition coefficient (Wildman–Crippen LogP) is 3.47. The second-order valence-corrected chi connectivity index (χ2v) is 8.80. The van der Waals surface area contributed by atoms with Crippen molar-refractivity contribution in [3.8, 4) is 5.75 Å². The van der Waals surface area contributed by atoms with Gasteiger partial charge in [0.05, 0.1) is 11.9 Å². The fraction of sp³-hybridized carbons (Fsp3) is 0.278. The van der Waals surface area contributed by atoms with E-state index < -0.39 is 16.1 Å². The summed E-state index contributed by atoms with van der Waals surface area (Å²) < 4.78 is 29.8. The van der Waals surface area contributed by atoms with E-state index >= 15 is 0 Å². The first-order chi connectivity index (χ1) is 12.6. The van der Waals surface area contributed by atoms with Gasteiger partial charge in [-0.1, -0.05) is 29.3 Å². The lowest BCUT2D eigenvalue weighted by atomic mass is 10.2. The molecule has 0 spiro atoms. The van der Waals surface area contributed by atoms with Crippen molar-refractivity contribution in [1.29, 1.82) is 0 Å². The Morgan fingerprint density at radius 2 is 1.81 bits per heavy atom. The molecule has 0 unspecified atom stereocenters. The molecule has 0 fully saturated rings. The van der Waals surface area contributed by atoms with Crippen LogP contribution in [-0.2, 0) is 21.4 Å². The summed E-state index contributed by atoms with van der Waals surface area (Å²) in [7, 11) is -1.87. The molecule has 1 amide bonds. The van der Waals surface area contributed by atoms with Crippen molar-refractivity contribution in [2.45, 2.75) is 19.6 Å². The number of anilines is 1. The molecule has 0 aliphatic heterocycles. The zero-order valence-corrected chi connectivity index (χ0v) is 17.4. The van der Waals surface area contributed by atoms with E-state index in [0.29, 0.717) is 21.5 Å².